The number of carbonyl (C=O) groups is 2. The van der Waals surface area contributed by atoms with Crippen LogP contribution in [0.3, 0.4) is 0 Å². The summed E-state index contributed by atoms with van der Waals surface area (Å²) in [6.45, 7) is 1.80. The second kappa shape index (κ2) is 5.65. The molecule has 0 saturated heterocycles. The fraction of sp³-hybridized carbons (Fsp3) is 0.0667. The summed E-state index contributed by atoms with van der Waals surface area (Å²) in [5.41, 5.74) is 2.04. The average Bonchev–Trinajstić information content (AvgIpc) is 2.94. The quantitative estimate of drug-likeness (QED) is 0.628. The highest BCUT2D eigenvalue weighted by Crippen LogP contribution is 2.16. The molecule has 0 spiro atoms. The highest BCUT2D eigenvalue weighted by Gasteiger charge is 2.14. The highest BCUT2D eigenvalue weighted by molar-refractivity contribution is 6.43. The third-order valence-electron chi connectivity index (χ3n) is 3.04. The molecule has 110 valence electrons. The van der Waals surface area contributed by atoms with Crippen LogP contribution < -0.4 is 10.6 Å². The zero-order valence-corrected chi connectivity index (χ0v) is 11.8. The van der Waals surface area contributed by atoms with E-state index in [0.29, 0.717) is 11.5 Å². The van der Waals surface area contributed by atoms with E-state index < -0.39 is 11.8 Å². The number of hydrogen-bond acceptors (Lipinski definition) is 4. The van der Waals surface area contributed by atoms with Gasteiger partial charge in [0.1, 0.15) is 5.82 Å². The first-order valence-corrected chi connectivity index (χ1v) is 6.61. The standard InChI is InChI=1S/C15H13N5O2/c1-9-3-2-4-13(17-9)19-15(22)14(21)18-11-6-5-10-8-16-20-12(10)7-11/h2-8H,1H3,(H,16,20)(H,18,21)(H,17,19,22). The fourth-order valence-electron chi connectivity index (χ4n) is 1.99. The van der Waals surface area contributed by atoms with Crippen molar-refractivity contribution in [3.8, 4) is 0 Å². The lowest BCUT2D eigenvalue weighted by atomic mass is 10.2. The smallest absolute Gasteiger partial charge is 0.315 e. The number of pyridine rings is 1. The zero-order chi connectivity index (χ0) is 15.5. The number of fused-ring (bicyclic) bond motifs is 1. The maximum absolute atomic E-state index is 11.9. The minimum absolute atomic E-state index is 0.337. The van der Waals surface area contributed by atoms with Crippen LogP contribution in [0.5, 0.6) is 0 Å². The van der Waals surface area contributed by atoms with Gasteiger partial charge in [0, 0.05) is 16.8 Å². The first kappa shape index (κ1) is 13.7. The molecule has 7 nitrogen and oxygen atoms in total. The second-order valence-corrected chi connectivity index (χ2v) is 4.74. The number of aryl methyl sites for hydroxylation is 1. The summed E-state index contributed by atoms with van der Waals surface area (Å²) in [5, 5.41) is 12.6. The zero-order valence-electron chi connectivity index (χ0n) is 11.8. The van der Waals surface area contributed by atoms with Crippen LogP contribution in [0.25, 0.3) is 10.9 Å². The summed E-state index contributed by atoms with van der Waals surface area (Å²) in [5.74, 6) is -1.20. The number of aromatic amines is 1. The molecule has 0 aliphatic carbocycles. The normalized spacial score (nSPS) is 10.4. The predicted octanol–water partition coefficient (Wildman–Crippen LogP) is 1.84. The molecule has 0 fully saturated rings. The molecule has 3 N–H and O–H groups in total. The van der Waals surface area contributed by atoms with Gasteiger partial charge in [-0.2, -0.15) is 5.10 Å². The Labute approximate surface area is 125 Å². The van der Waals surface area contributed by atoms with Crippen LogP contribution in [0, 0.1) is 6.92 Å². The number of rotatable bonds is 2. The van der Waals surface area contributed by atoms with Crippen LogP contribution in [0.2, 0.25) is 0 Å². The van der Waals surface area contributed by atoms with Gasteiger partial charge in [-0.15, -0.1) is 0 Å². The Balaban J connectivity index is 1.69. The molecule has 3 rings (SSSR count). The Morgan fingerprint density at radius 2 is 1.91 bits per heavy atom. The Bertz CT molecular complexity index is 856. The molecule has 22 heavy (non-hydrogen) atoms. The molecule has 0 atom stereocenters. The fourth-order valence-corrected chi connectivity index (χ4v) is 1.99. The molecule has 0 aliphatic rings. The largest absolute Gasteiger partial charge is 0.318 e. The number of H-pyrrole nitrogens is 1. The van der Waals surface area contributed by atoms with Crippen molar-refractivity contribution in [3.63, 3.8) is 0 Å². The second-order valence-electron chi connectivity index (χ2n) is 4.74. The molecular weight excluding hydrogens is 282 g/mol. The van der Waals surface area contributed by atoms with Gasteiger partial charge in [0.15, 0.2) is 0 Å². The van der Waals surface area contributed by atoms with Gasteiger partial charge in [-0.1, -0.05) is 6.07 Å². The van der Waals surface area contributed by atoms with Gasteiger partial charge in [0.05, 0.1) is 11.7 Å². The number of hydrogen-bond donors (Lipinski definition) is 3. The summed E-state index contributed by atoms with van der Waals surface area (Å²) in [6, 6.07) is 10.4. The minimum atomic E-state index is -0.775. The van der Waals surface area contributed by atoms with E-state index in [0.717, 1.165) is 16.6 Å². The van der Waals surface area contributed by atoms with Crippen molar-refractivity contribution in [2.24, 2.45) is 0 Å². The molecular formula is C15H13N5O2. The lowest BCUT2D eigenvalue weighted by Gasteiger charge is -2.06. The third kappa shape index (κ3) is 2.93. The van der Waals surface area contributed by atoms with Crippen molar-refractivity contribution in [2.45, 2.75) is 6.92 Å². The lowest BCUT2D eigenvalue weighted by Crippen LogP contribution is -2.29. The van der Waals surface area contributed by atoms with E-state index in [1.807, 2.05) is 0 Å². The maximum Gasteiger partial charge on any atom is 0.315 e. The van der Waals surface area contributed by atoms with Crippen LogP contribution in [-0.4, -0.2) is 27.0 Å². The molecule has 3 aromatic rings. The van der Waals surface area contributed by atoms with Crippen LogP contribution in [0.15, 0.2) is 42.6 Å². The molecule has 0 aliphatic heterocycles. The molecule has 7 heteroatoms. The topological polar surface area (TPSA) is 99.8 Å². The van der Waals surface area contributed by atoms with E-state index >= 15 is 0 Å². The Morgan fingerprint density at radius 1 is 1.09 bits per heavy atom. The lowest BCUT2D eigenvalue weighted by molar-refractivity contribution is -0.133. The molecule has 1 aromatic carbocycles. The third-order valence-corrected chi connectivity index (χ3v) is 3.04. The number of nitrogens with zero attached hydrogens (tertiary/aromatic N) is 2. The number of amides is 2. The first-order valence-electron chi connectivity index (χ1n) is 6.61. The van der Waals surface area contributed by atoms with Gasteiger partial charge in [0.2, 0.25) is 0 Å². The maximum atomic E-state index is 11.9. The first-order chi connectivity index (χ1) is 10.6. The summed E-state index contributed by atoms with van der Waals surface area (Å²) in [6.07, 6.45) is 1.68. The minimum Gasteiger partial charge on any atom is -0.318 e. The summed E-state index contributed by atoms with van der Waals surface area (Å²) < 4.78 is 0. The number of aromatic nitrogens is 3. The van der Waals surface area contributed by atoms with Gasteiger partial charge in [-0.3, -0.25) is 14.7 Å². The van der Waals surface area contributed by atoms with Crippen molar-refractivity contribution in [2.75, 3.05) is 10.6 Å². The van der Waals surface area contributed by atoms with Crippen LogP contribution >= 0.6 is 0 Å². The number of anilines is 2. The van der Waals surface area contributed by atoms with E-state index in [-0.39, 0.29) is 0 Å². The Morgan fingerprint density at radius 3 is 2.73 bits per heavy atom. The van der Waals surface area contributed by atoms with Gasteiger partial charge >= 0.3 is 11.8 Å². The van der Waals surface area contributed by atoms with Crippen LogP contribution in [0.1, 0.15) is 5.69 Å². The van der Waals surface area contributed by atoms with Gasteiger partial charge in [-0.05, 0) is 37.3 Å². The summed E-state index contributed by atoms with van der Waals surface area (Å²) in [7, 11) is 0. The van der Waals surface area contributed by atoms with E-state index in [1.54, 1.807) is 49.5 Å². The van der Waals surface area contributed by atoms with Gasteiger partial charge in [0.25, 0.3) is 0 Å². The molecule has 2 aromatic heterocycles. The van der Waals surface area contributed by atoms with E-state index in [4.69, 9.17) is 0 Å². The Hall–Kier alpha value is -3.22. The monoisotopic (exact) mass is 295 g/mol. The van der Waals surface area contributed by atoms with Crippen molar-refractivity contribution in [1.82, 2.24) is 15.2 Å². The molecule has 0 saturated carbocycles. The molecule has 0 radical (unpaired) electrons. The van der Waals surface area contributed by atoms with Gasteiger partial charge in [-0.25, -0.2) is 4.98 Å². The van der Waals surface area contributed by atoms with E-state index in [9.17, 15) is 9.59 Å². The van der Waals surface area contributed by atoms with E-state index in [2.05, 4.69) is 25.8 Å². The number of benzene rings is 1. The summed E-state index contributed by atoms with van der Waals surface area (Å²) in [4.78, 5) is 27.9. The number of carbonyl (C=O) groups excluding carboxylic acids is 2. The summed E-state index contributed by atoms with van der Waals surface area (Å²) >= 11 is 0. The molecule has 2 amide bonds. The van der Waals surface area contributed by atoms with E-state index in [1.165, 1.54) is 0 Å². The average molecular weight is 295 g/mol. The SMILES string of the molecule is Cc1cccc(NC(=O)C(=O)Nc2ccc3cn[nH]c3c2)n1. The van der Waals surface area contributed by atoms with Crippen LogP contribution in [-0.2, 0) is 9.59 Å². The number of nitrogens with one attached hydrogen (secondary N) is 3. The van der Waals surface area contributed by atoms with Crippen LogP contribution in [0.4, 0.5) is 11.5 Å². The Kier molecular flexibility index (Phi) is 3.53. The van der Waals surface area contributed by atoms with Crippen molar-refractivity contribution < 1.29 is 9.59 Å². The van der Waals surface area contributed by atoms with Gasteiger partial charge < -0.3 is 10.6 Å². The molecule has 2 heterocycles. The molecule has 0 bridgehead atoms. The predicted molar refractivity (Wildman–Crippen MR) is 82.3 cm³/mol. The molecule has 0 unspecified atom stereocenters. The van der Waals surface area contributed by atoms with Crippen molar-refractivity contribution in [1.29, 1.82) is 0 Å². The highest BCUT2D eigenvalue weighted by atomic mass is 16.2. The van der Waals surface area contributed by atoms with Crippen molar-refractivity contribution in [3.05, 3.63) is 48.3 Å². The van der Waals surface area contributed by atoms with Crippen molar-refractivity contribution >= 4 is 34.2 Å².